The Morgan fingerprint density at radius 1 is 1.28 bits per heavy atom. The molecule has 7 heteroatoms. The van der Waals surface area contributed by atoms with Gasteiger partial charge in [0.1, 0.15) is 11.8 Å². The van der Waals surface area contributed by atoms with Crippen molar-refractivity contribution in [2.24, 2.45) is 0 Å². The van der Waals surface area contributed by atoms with E-state index in [0.717, 1.165) is 21.1 Å². The van der Waals surface area contributed by atoms with Crippen LogP contribution in [0, 0.1) is 0 Å². The summed E-state index contributed by atoms with van der Waals surface area (Å²) in [4.78, 5) is 16.6. The lowest BCUT2D eigenvalue weighted by atomic mass is 10.1. The van der Waals surface area contributed by atoms with Crippen molar-refractivity contribution in [3.05, 3.63) is 58.0 Å². The number of nitrogens with zero attached hydrogens (tertiary/aromatic N) is 3. The van der Waals surface area contributed by atoms with Crippen LogP contribution in [0.5, 0.6) is 0 Å². The lowest BCUT2D eigenvalue weighted by Crippen LogP contribution is -2.06. The Morgan fingerprint density at radius 2 is 2.04 bits per heavy atom. The molecule has 1 N–H and O–H groups in total. The molecule has 3 rings (SSSR count). The van der Waals surface area contributed by atoms with E-state index in [1.807, 2.05) is 31.2 Å². The molecule has 2 aromatic heterocycles. The first-order chi connectivity index (χ1) is 12.1. The van der Waals surface area contributed by atoms with Gasteiger partial charge in [0.25, 0.3) is 0 Å². The van der Waals surface area contributed by atoms with Crippen molar-refractivity contribution in [2.45, 2.75) is 26.8 Å². The summed E-state index contributed by atoms with van der Waals surface area (Å²) in [6.45, 7) is 4.77. The second kappa shape index (κ2) is 7.65. The molecule has 0 aliphatic carbocycles. The smallest absolute Gasteiger partial charge is 0.340 e. The van der Waals surface area contributed by atoms with Gasteiger partial charge in [0.15, 0.2) is 5.82 Å². The molecule has 0 aliphatic heterocycles. The monoisotopic (exact) mass is 402 g/mol. The van der Waals surface area contributed by atoms with Crippen LogP contribution in [-0.4, -0.2) is 27.2 Å². The van der Waals surface area contributed by atoms with E-state index in [0.29, 0.717) is 31.0 Å². The minimum absolute atomic E-state index is 0.330. The van der Waals surface area contributed by atoms with Gasteiger partial charge in [0, 0.05) is 17.2 Å². The molecule has 0 saturated carbocycles. The SMILES string of the molecule is CCOC(=O)c1cn2ncnc(NCc3ccc(Br)cc3)c2c1CC. The van der Waals surface area contributed by atoms with Gasteiger partial charge in [-0.2, -0.15) is 5.10 Å². The largest absolute Gasteiger partial charge is 0.462 e. The highest BCUT2D eigenvalue weighted by Gasteiger charge is 2.20. The molecular weight excluding hydrogens is 384 g/mol. The summed E-state index contributed by atoms with van der Waals surface area (Å²) in [6.07, 6.45) is 3.87. The van der Waals surface area contributed by atoms with Crippen LogP contribution < -0.4 is 5.32 Å². The first-order valence-corrected chi connectivity index (χ1v) is 8.94. The molecule has 0 aliphatic rings. The van der Waals surface area contributed by atoms with Gasteiger partial charge < -0.3 is 10.1 Å². The number of hydrogen-bond donors (Lipinski definition) is 1. The van der Waals surface area contributed by atoms with Gasteiger partial charge in [-0.3, -0.25) is 0 Å². The second-order valence-corrected chi connectivity index (χ2v) is 6.39. The fourth-order valence-corrected chi connectivity index (χ4v) is 3.00. The van der Waals surface area contributed by atoms with E-state index in [1.165, 1.54) is 6.33 Å². The molecule has 25 heavy (non-hydrogen) atoms. The predicted octanol–water partition coefficient (Wildman–Crippen LogP) is 3.84. The number of nitrogens with one attached hydrogen (secondary N) is 1. The number of rotatable bonds is 6. The molecule has 0 spiro atoms. The van der Waals surface area contributed by atoms with E-state index >= 15 is 0 Å². The maximum atomic E-state index is 12.2. The van der Waals surface area contributed by atoms with E-state index in [2.05, 4.69) is 31.3 Å². The first kappa shape index (κ1) is 17.4. The van der Waals surface area contributed by atoms with Gasteiger partial charge >= 0.3 is 5.97 Å². The fraction of sp³-hybridized carbons (Fsp3) is 0.278. The van der Waals surface area contributed by atoms with Crippen LogP contribution in [-0.2, 0) is 17.7 Å². The molecule has 3 aromatic rings. The molecular formula is C18H19BrN4O2. The van der Waals surface area contributed by atoms with Crippen molar-refractivity contribution in [3.63, 3.8) is 0 Å². The maximum Gasteiger partial charge on any atom is 0.340 e. The number of halogens is 1. The number of benzene rings is 1. The summed E-state index contributed by atoms with van der Waals surface area (Å²) >= 11 is 3.43. The van der Waals surface area contributed by atoms with Gasteiger partial charge in [0.2, 0.25) is 0 Å². The highest BCUT2D eigenvalue weighted by molar-refractivity contribution is 9.10. The molecule has 0 bridgehead atoms. The van der Waals surface area contributed by atoms with Crippen molar-refractivity contribution in [1.82, 2.24) is 14.6 Å². The average Bonchev–Trinajstić information content (AvgIpc) is 3.01. The first-order valence-electron chi connectivity index (χ1n) is 8.14. The average molecular weight is 403 g/mol. The predicted molar refractivity (Wildman–Crippen MR) is 99.8 cm³/mol. The topological polar surface area (TPSA) is 68.5 Å². The number of esters is 1. The van der Waals surface area contributed by atoms with Crippen molar-refractivity contribution in [3.8, 4) is 0 Å². The third-order valence-corrected chi connectivity index (χ3v) is 4.43. The number of fused-ring (bicyclic) bond motifs is 1. The summed E-state index contributed by atoms with van der Waals surface area (Å²) < 4.78 is 7.88. The van der Waals surface area contributed by atoms with Crippen LogP contribution in [0.15, 0.2) is 41.3 Å². The molecule has 0 fully saturated rings. The maximum absolute atomic E-state index is 12.2. The van der Waals surface area contributed by atoms with E-state index in [9.17, 15) is 4.79 Å². The Kier molecular flexibility index (Phi) is 5.33. The standard InChI is InChI=1S/C18H19BrN4O2/c1-3-14-15(18(24)25-4-2)10-23-16(14)17(21-11-22-23)20-9-12-5-7-13(19)8-6-12/h5-8,10-11H,3-4,9H2,1-2H3,(H,20,21,22). The van der Waals surface area contributed by atoms with Crippen LogP contribution in [0.1, 0.15) is 35.3 Å². The van der Waals surface area contributed by atoms with Crippen molar-refractivity contribution in [2.75, 3.05) is 11.9 Å². The van der Waals surface area contributed by atoms with Crippen LogP contribution in [0.4, 0.5) is 5.82 Å². The molecule has 1 aromatic carbocycles. The Labute approximate surface area is 154 Å². The number of ether oxygens (including phenoxy) is 1. The Bertz CT molecular complexity index is 890. The summed E-state index contributed by atoms with van der Waals surface area (Å²) in [5.74, 6) is 0.369. The molecule has 0 saturated heterocycles. The fourth-order valence-electron chi connectivity index (χ4n) is 2.73. The van der Waals surface area contributed by atoms with Crippen molar-refractivity contribution < 1.29 is 9.53 Å². The second-order valence-electron chi connectivity index (χ2n) is 5.48. The lowest BCUT2D eigenvalue weighted by molar-refractivity contribution is 0.0525. The Balaban J connectivity index is 1.95. The third kappa shape index (κ3) is 3.66. The zero-order chi connectivity index (χ0) is 17.8. The molecule has 2 heterocycles. The number of carbonyl (C=O) groups excluding carboxylic acids is 1. The number of hydrogen-bond acceptors (Lipinski definition) is 5. The molecule has 0 radical (unpaired) electrons. The molecule has 130 valence electrons. The van der Waals surface area contributed by atoms with E-state index in [-0.39, 0.29) is 5.97 Å². The molecule has 0 atom stereocenters. The molecule has 6 nitrogen and oxygen atoms in total. The Hall–Kier alpha value is -2.41. The third-order valence-electron chi connectivity index (χ3n) is 3.90. The lowest BCUT2D eigenvalue weighted by Gasteiger charge is -2.09. The Morgan fingerprint density at radius 3 is 2.72 bits per heavy atom. The van der Waals surface area contributed by atoms with E-state index in [4.69, 9.17) is 4.74 Å². The van der Waals surface area contributed by atoms with Gasteiger partial charge in [-0.25, -0.2) is 14.3 Å². The minimum atomic E-state index is -0.330. The number of aryl methyl sites for hydroxylation is 1. The highest BCUT2D eigenvalue weighted by Crippen LogP contribution is 2.25. The number of anilines is 1. The highest BCUT2D eigenvalue weighted by atomic mass is 79.9. The summed E-state index contributed by atoms with van der Waals surface area (Å²) in [7, 11) is 0. The number of aromatic nitrogens is 3. The van der Waals surface area contributed by atoms with Crippen LogP contribution in [0.25, 0.3) is 5.52 Å². The molecule has 0 unspecified atom stereocenters. The summed E-state index contributed by atoms with van der Waals surface area (Å²) in [5.41, 5.74) is 3.37. The van der Waals surface area contributed by atoms with Crippen LogP contribution in [0.3, 0.4) is 0 Å². The zero-order valence-electron chi connectivity index (χ0n) is 14.1. The van der Waals surface area contributed by atoms with Gasteiger partial charge in [-0.05, 0) is 36.6 Å². The summed E-state index contributed by atoms with van der Waals surface area (Å²) in [5, 5.41) is 7.57. The van der Waals surface area contributed by atoms with E-state index < -0.39 is 0 Å². The van der Waals surface area contributed by atoms with Crippen LogP contribution >= 0.6 is 15.9 Å². The summed E-state index contributed by atoms with van der Waals surface area (Å²) in [6, 6.07) is 8.08. The van der Waals surface area contributed by atoms with Crippen molar-refractivity contribution in [1.29, 1.82) is 0 Å². The van der Waals surface area contributed by atoms with Gasteiger partial charge in [-0.1, -0.05) is 35.0 Å². The van der Waals surface area contributed by atoms with Gasteiger partial charge in [-0.15, -0.1) is 0 Å². The minimum Gasteiger partial charge on any atom is -0.462 e. The normalized spacial score (nSPS) is 10.8. The van der Waals surface area contributed by atoms with Crippen molar-refractivity contribution >= 4 is 33.2 Å². The molecule has 0 amide bonds. The van der Waals surface area contributed by atoms with E-state index in [1.54, 1.807) is 17.6 Å². The van der Waals surface area contributed by atoms with Gasteiger partial charge in [0.05, 0.1) is 12.2 Å². The number of carbonyl (C=O) groups is 1. The zero-order valence-corrected chi connectivity index (χ0v) is 15.7. The quantitative estimate of drug-likeness (QED) is 0.634. The van der Waals surface area contributed by atoms with Crippen LogP contribution in [0.2, 0.25) is 0 Å².